The van der Waals surface area contributed by atoms with Crippen LogP contribution in [0.5, 0.6) is 0 Å². The van der Waals surface area contributed by atoms with Gasteiger partial charge in [-0.05, 0) is 5.56 Å². The van der Waals surface area contributed by atoms with Crippen LogP contribution in [-0.2, 0) is 0 Å². The first-order valence-electron chi connectivity index (χ1n) is 3.93. The van der Waals surface area contributed by atoms with E-state index in [1.807, 2.05) is 0 Å². The van der Waals surface area contributed by atoms with E-state index < -0.39 is 18.2 Å². The van der Waals surface area contributed by atoms with Gasteiger partial charge in [0.05, 0.1) is 0 Å². The van der Waals surface area contributed by atoms with Crippen LogP contribution in [0.1, 0.15) is 12.0 Å². The summed E-state index contributed by atoms with van der Waals surface area (Å²) in [5, 5.41) is 0. The molecule has 0 radical (unpaired) electrons. The van der Waals surface area contributed by atoms with E-state index in [1.54, 1.807) is 30.3 Å². The Kier molecular flexibility index (Phi) is 1.68. The van der Waals surface area contributed by atoms with E-state index in [1.165, 1.54) is 0 Å². The molecule has 0 aliphatic heterocycles. The predicted octanol–water partition coefficient (Wildman–Crippen LogP) is 3.41. The summed E-state index contributed by atoms with van der Waals surface area (Å²) in [6.45, 7) is 0. The molecule has 0 aromatic heterocycles. The second-order valence-corrected chi connectivity index (χ2v) is 3.04. The lowest BCUT2D eigenvalue weighted by molar-refractivity contribution is 0.00462. The van der Waals surface area contributed by atoms with Gasteiger partial charge in [0, 0.05) is 12.0 Å². The van der Waals surface area contributed by atoms with Gasteiger partial charge in [-0.25, -0.2) is 4.39 Å². The van der Waals surface area contributed by atoms with Gasteiger partial charge >= 0.3 is 5.92 Å². The van der Waals surface area contributed by atoms with Gasteiger partial charge < -0.3 is 0 Å². The first-order chi connectivity index (χ1) is 6.11. The molecule has 0 atom stereocenters. The summed E-state index contributed by atoms with van der Waals surface area (Å²) >= 11 is 0. The number of hydrogen-bond donors (Lipinski definition) is 0. The molecule has 0 N–H and O–H groups in total. The van der Waals surface area contributed by atoms with E-state index in [4.69, 9.17) is 0 Å². The maximum absolute atomic E-state index is 12.8. The fourth-order valence-electron chi connectivity index (χ4n) is 1.36. The molecule has 0 unspecified atom stereocenters. The van der Waals surface area contributed by atoms with Crippen molar-refractivity contribution in [2.24, 2.45) is 0 Å². The van der Waals surface area contributed by atoms with Crippen molar-refractivity contribution in [1.82, 2.24) is 0 Å². The standard InChI is InChI=1S/C10H7F3/c11-9-8(6-10(9,12)13)7-4-2-1-3-5-7/h1-5H,6H2. The van der Waals surface area contributed by atoms with Gasteiger partial charge in [0.1, 0.15) is 0 Å². The summed E-state index contributed by atoms with van der Waals surface area (Å²) in [4.78, 5) is 0. The van der Waals surface area contributed by atoms with Crippen LogP contribution >= 0.6 is 0 Å². The van der Waals surface area contributed by atoms with Crippen LogP contribution in [0.15, 0.2) is 36.2 Å². The summed E-state index contributed by atoms with van der Waals surface area (Å²) in [5.74, 6) is -4.51. The zero-order valence-electron chi connectivity index (χ0n) is 6.73. The number of hydrogen-bond acceptors (Lipinski definition) is 0. The minimum Gasteiger partial charge on any atom is -0.205 e. The summed E-state index contributed by atoms with van der Waals surface area (Å²) in [6.07, 6.45) is -0.483. The number of allylic oxidation sites excluding steroid dienone is 2. The molecule has 0 amide bonds. The van der Waals surface area contributed by atoms with Crippen LogP contribution in [0.4, 0.5) is 13.2 Å². The third-order valence-electron chi connectivity index (χ3n) is 2.11. The minimum absolute atomic E-state index is 0.130. The largest absolute Gasteiger partial charge is 0.303 e. The topological polar surface area (TPSA) is 0 Å². The molecule has 0 nitrogen and oxygen atoms in total. The Morgan fingerprint density at radius 2 is 1.69 bits per heavy atom. The molecule has 1 aliphatic rings. The first-order valence-corrected chi connectivity index (χ1v) is 3.93. The van der Waals surface area contributed by atoms with Gasteiger partial charge in [-0.3, -0.25) is 0 Å². The number of alkyl halides is 2. The fourth-order valence-corrected chi connectivity index (χ4v) is 1.36. The van der Waals surface area contributed by atoms with Crippen molar-refractivity contribution in [3.63, 3.8) is 0 Å². The lowest BCUT2D eigenvalue weighted by atomic mass is 9.87. The molecule has 2 rings (SSSR count). The van der Waals surface area contributed by atoms with Crippen LogP contribution in [0.25, 0.3) is 5.57 Å². The van der Waals surface area contributed by atoms with E-state index in [2.05, 4.69) is 0 Å². The maximum Gasteiger partial charge on any atom is 0.303 e. The van der Waals surface area contributed by atoms with Gasteiger partial charge in [0.25, 0.3) is 0 Å². The van der Waals surface area contributed by atoms with Crippen molar-refractivity contribution in [2.45, 2.75) is 12.3 Å². The Morgan fingerprint density at radius 3 is 2.15 bits per heavy atom. The van der Waals surface area contributed by atoms with Gasteiger partial charge in [0.2, 0.25) is 0 Å². The van der Waals surface area contributed by atoms with Gasteiger partial charge in [-0.15, -0.1) is 0 Å². The highest BCUT2D eigenvalue weighted by atomic mass is 19.3. The summed E-state index contributed by atoms with van der Waals surface area (Å²) in [6, 6.07) is 8.42. The zero-order valence-corrected chi connectivity index (χ0v) is 6.73. The monoisotopic (exact) mass is 184 g/mol. The van der Waals surface area contributed by atoms with Crippen molar-refractivity contribution in [2.75, 3.05) is 0 Å². The average molecular weight is 184 g/mol. The molecule has 0 heterocycles. The third kappa shape index (κ3) is 1.24. The molecule has 0 fully saturated rings. The van der Waals surface area contributed by atoms with E-state index in [0.29, 0.717) is 5.56 Å². The highest BCUT2D eigenvalue weighted by Gasteiger charge is 2.47. The van der Waals surface area contributed by atoms with Crippen molar-refractivity contribution >= 4 is 5.57 Å². The van der Waals surface area contributed by atoms with Crippen LogP contribution in [0, 0.1) is 0 Å². The molecule has 68 valence electrons. The Morgan fingerprint density at radius 1 is 1.08 bits per heavy atom. The SMILES string of the molecule is FC1=C(c2ccccc2)CC1(F)F. The summed E-state index contributed by atoms with van der Waals surface area (Å²) in [7, 11) is 0. The summed E-state index contributed by atoms with van der Waals surface area (Å²) < 4.78 is 37.6. The molecule has 0 saturated heterocycles. The van der Waals surface area contributed by atoms with Crippen molar-refractivity contribution < 1.29 is 13.2 Å². The third-order valence-corrected chi connectivity index (χ3v) is 2.11. The Hall–Kier alpha value is -1.25. The van der Waals surface area contributed by atoms with Crippen LogP contribution in [0.2, 0.25) is 0 Å². The van der Waals surface area contributed by atoms with E-state index in [0.717, 1.165) is 0 Å². The highest BCUT2D eigenvalue weighted by molar-refractivity contribution is 5.75. The first kappa shape index (κ1) is 8.35. The van der Waals surface area contributed by atoms with Crippen molar-refractivity contribution in [3.8, 4) is 0 Å². The van der Waals surface area contributed by atoms with Crippen LogP contribution in [-0.4, -0.2) is 5.92 Å². The molecule has 0 saturated carbocycles. The van der Waals surface area contributed by atoms with Gasteiger partial charge in [-0.2, -0.15) is 8.78 Å². The quantitative estimate of drug-likeness (QED) is 0.627. The van der Waals surface area contributed by atoms with Crippen molar-refractivity contribution in [1.29, 1.82) is 0 Å². The molecule has 3 heteroatoms. The Balaban J connectivity index is 2.37. The minimum atomic E-state index is -3.23. The second-order valence-electron chi connectivity index (χ2n) is 3.04. The number of benzene rings is 1. The zero-order chi connectivity index (χ0) is 9.47. The van der Waals surface area contributed by atoms with Crippen molar-refractivity contribution in [3.05, 3.63) is 41.7 Å². The molecular weight excluding hydrogens is 177 g/mol. The van der Waals surface area contributed by atoms with E-state index in [9.17, 15) is 13.2 Å². The number of halogens is 3. The lowest BCUT2D eigenvalue weighted by Gasteiger charge is -2.27. The van der Waals surface area contributed by atoms with Crippen LogP contribution in [0.3, 0.4) is 0 Å². The maximum atomic E-state index is 12.8. The molecule has 0 bridgehead atoms. The predicted molar refractivity (Wildman–Crippen MR) is 44.0 cm³/mol. The molecule has 1 aromatic rings. The lowest BCUT2D eigenvalue weighted by Crippen LogP contribution is -2.28. The smallest absolute Gasteiger partial charge is 0.205 e. The molecule has 1 aliphatic carbocycles. The molecule has 13 heavy (non-hydrogen) atoms. The van der Waals surface area contributed by atoms with Crippen LogP contribution < -0.4 is 0 Å². The fraction of sp³-hybridized carbons (Fsp3) is 0.200. The van der Waals surface area contributed by atoms with E-state index >= 15 is 0 Å². The van der Waals surface area contributed by atoms with E-state index in [-0.39, 0.29) is 5.57 Å². The number of rotatable bonds is 1. The normalized spacial score (nSPS) is 19.9. The Labute approximate surface area is 73.7 Å². The highest BCUT2D eigenvalue weighted by Crippen LogP contribution is 2.48. The Bertz CT molecular complexity index is 352. The summed E-state index contributed by atoms with van der Waals surface area (Å²) in [5.41, 5.74) is 0.677. The molecule has 0 spiro atoms. The van der Waals surface area contributed by atoms with Gasteiger partial charge in [-0.1, -0.05) is 30.3 Å². The molecule has 1 aromatic carbocycles. The second kappa shape index (κ2) is 2.62. The molecular formula is C10H7F3. The van der Waals surface area contributed by atoms with Gasteiger partial charge in [0.15, 0.2) is 5.83 Å². The average Bonchev–Trinajstić information content (AvgIpc) is 2.15.